The van der Waals surface area contributed by atoms with Gasteiger partial charge in [0.15, 0.2) is 0 Å². The van der Waals surface area contributed by atoms with Gasteiger partial charge in [-0.3, -0.25) is 9.69 Å². The van der Waals surface area contributed by atoms with Crippen LogP contribution < -0.4 is 5.32 Å². The molecule has 2 heterocycles. The highest BCUT2D eigenvalue weighted by atomic mass is 32.1. The van der Waals surface area contributed by atoms with E-state index in [1.165, 1.54) is 16.9 Å². The molecule has 1 aliphatic rings. The van der Waals surface area contributed by atoms with E-state index in [4.69, 9.17) is 4.74 Å². The number of nitrogens with zero attached hydrogens (tertiary/aromatic N) is 2. The maximum absolute atomic E-state index is 12.3. The summed E-state index contributed by atoms with van der Waals surface area (Å²) in [5.41, 5.74) is 2.83. The molecule has 1 aromatic heterocycles. The molecule has 0 spiro atoms. The number of ether oxygens (including phenoxy) is 1. The van der Waals surface area contributed by atoms with E-state index in [0.717, 1.165) is 25.0 Å². The largest absolute Gasteiger partial charge is 0.453 e. The monoisotopic (exact) mass is 311 g/mol. The fourth-order valence-electron chi connectivity index (χ4n) is 2.52. The summed E-state index contributed by atoms with van der Waals surface area (Å²) in [5.74, 6) is -0.0951. The average molecular weight is 311 g/mol. The highest BCUT2D eigenvalue weighted by molar-refractivity contribution is 7.09. The number of amides is 2. The first kappa shape index (κ1) is 15.8. The Balaban J connectivity index is 1.86. The standard InChI is InChI=1S/C14H21N3O3S/c1-10-12(21-9-16-10)6-7-15-13(18)11-5-3-4-8-17(11)14(19)20-2/h9,11H,3-8H2,1-2H3,(H,15,18). The van der Waals surface area contributed by atoms with Crippen molar-refractivity contribution in [3.8, 4) is 0 Å². The molecule has 7 heteroatoms. The number of carbonyl (C=O) groups is 2. The minimum atomic E-state index is -0.423. The zero-order chi connectivity index (χ0) is 15.2. The zero-order valence-electron chi connectivity index (χ0n) is 12.4. The zero-order valence-corrected chi connectivity index (χ0v) is 13.2. The van der Waals surface area contributed by atoms with Gasteiger partial charge >= 0.3 is 6.09 Å². The van der Waals surface area contributed by atoms with Gasteiger partial charge < -0.3 is 10.1 Å². The lowest BCUT2D eigenvalue weighted by atomic mass is 10.0. The molecular weight excluding hydrogens is 290 g/mol. The third-order valence-electron chi connectivity index (χ3n) is 3.71. The highest BCUT2D eigenvalue weighted by Gasteiger charge is 2.32. The van der Waals surface area contributed by atoms with Crippen LogP contribution in [0.3, 0.4) is 0 Å². The SMILES string of the molecule is COC(=O)N1CCCCC1C(=O)NCCc1scnc1C. The van der Waals surface area contributed by atoms with Gasteiger partial charge in [-0.15, -0.1) is 11.3 Å². The Bertz CT molecular complexity index is 503. The molecule has 0 saturated carbocycles. The van der Waals surface area contributed by atoms with Gasteiger partial charge in [0.2, 0.25) is 5.91 Å². The smallest absolute Gasteiger partial charge is 0.410 e. The molecule has 21 heavy (non-hydrogen) atoms. The summed E-state index contributed by atoms with van der Waals surface area (Å²) in [5, 5.41) is 2.92. The number of aromatic nitrogens is 1. The Morgan fingerprint density at radius 3 is 3.00 bits per heavy atom. The highest BCUT2D eigenvalue weighted by Crippen LogP contribution is 2.18. The van der Waals surface area contributed by atoms with Crippen molar-refractivity contribution >= 4 is 23.3 Å². The minimum absolute atomic E-state index is 0.0951. The van der Waals surface area contributed by atoms with Crippen LogP contribution >= 0.6 is 11.3 Å². The fourth-order valence-corrected chi connectivity index (χ4v) is 3.30. The molecule has 1 saturated heterocycles. The number of hydrogen-bond acceptors (Lipinski definition) is 5. The molecule has 1 aromatic rings. The van der Waals surface area contributed by atoms with Crippen LogP contribution in [0.1, 0.15) is 29.8 Å². The van der Waals surface area contributed by atoms with Crippen LogP contribution in [0.5, 0.6) is 0 Å². The van der Waals surface area contributed by atoms with Crippen LogP contribution in [0.25, 0.3) is 0 Å². The summed E-state index contributed by atoms with van der Waals surface area (Å²) in [6.07, 6.45) is 2.92. The van der Waals surface area contributed by atoms with E-state index in [1.807, 2.05) is 12.4 Å². The van der Waals surface area contributed by atoms with Crippen molar-refractivity contribution in [2.75, 3.05) is 20.2 Å². The molecule has 1 atom stereocenters. The fraction of sp³-hybridized carbons (Fsp3) is 0.643. The molecule has 1 N–H and O–H groups in total. The van der Waals surface area contributed by atoms with Crippen molar-refractivity contribution in [1.82, 2.24) is 15.2 Å². The van der Waals surface area contributed by atoms with Gasteiger partial charge in [-0.05, 0) is 26.2 Å². The molecule has 1 fully saturated rings. The Morgan fingerprint density at radius 2 is 2.33 bits per heavy atom. The van der Waals surface area contributed by atoms with Gasteiger partial charge in [0.05, 0.1) is 18.3 Å². The third kappa shape index (κ3) is 3.93. The number of hydrogen-bond donors (Lipinski definition) is 1. The van der Waals surface area contributed by atoms with E-state index in [0.29, 0.717) is 19.5 Å². The summed E-state index contributed by atoms with van der Waals surface area (Å²) >= 11 is 1.60. The number of rotatable bonds is 4. The molecule has 1 aliphatic heterocycles. The summed E-state index contributed by atoms with van der Waals surface area (Å²) in [7, 11) is 1.35. The van der Waals surface area contributed by atoms with E-state index < -0.39 is 12.1 Å². The maximum atomic E-state index is 12.3. The molecular formula is C14H21N3O3S. The first-order valence-electron chi connectivity index (χ1n) is 7.14. The number of methoxy groups -OCH3 is 1. The third-order valence-corrected chi connectivity index (χ3v) is 4.71. The van der Waals surface area contributed by atoms with Crippen molar-refractivity contribution in [3.63, 3.8) is 0 Å². The van der Waals surface area contributed by atoms with Gasteiger partial charge in [0.1, 0.15) is 6.04 Å². The topological polar surface area (TPSA) is 71.5 Å². The van der Waals surface area contributed by atoms with Crippen molar-refractivity contribution in [1.29, 1.82) is 0 Å². The predicted octanol–water partition coefficient (Wildman–Crippen LogP) is 1.73. The minimum Gasteiger partial charge on any atom is -0.453 e. The Morgan fingerprint density at radius 1 is 1.52 bits per heavy atom. The van der Waals surface area contributed by atoms with Crippen molar-refractivity contribution in [3.05, 3.63) is 16.1 Å². The molecule has 116 valence electrons. The Hall–Kier alpha value is -1.63. The molecule has 2 rings (SSSR count). The number of nitrogens with one attached hydrogen (secondary N) is 1. The summed E-state index contributed by atoms with van der Waals surface area (Å²) in [4.78, 5) is 30.9. The molecule has 1 unspecified atom stereocenters. The van der Waals surface area contributed by atoms with Crippen LogP contribution in [-0.4, -0.2) is 48.1 Å². The number of piperidine rings is 1. The summed E-state index contributed by atoms with van der Waals surface area (Å²) in [6.45, 7) is 3.11. The van der Waals surface area contributed by atoms with E-state index in [9.17, 15) is 9.59 Å². The molecule has 0 aromatic carbocycles. The Labute approximate surface area is 128 Å². The van der Waals surface area contributed by atoms with E-state index in [2.05, 4.69) is 10.3 Å². The second-order valence-corrected chi connectivity index (χ2v) is 6.02. The van der Waals surface area contributed by atoms with Gasteiger partial charge in [0, 0.05) is 24.4 Å². The number of thiazole rings is 1. The number of aryl methyl sites for hydroxylation is 1. The summed E-state index contributed by atoms with van der Waals surface area (Å²) < 4.78 is 4.75. The van der Waals surface area contributed by atoms with Crippen LogP contribution in [0.4, 0.5) is 4.79 Å². The molecule has 0 aliphatic carbocycles. The van der Waals surface area contributed by atoms with E-state index >= 15 is 0 Å². The predicted molar refractivity (Wildman–Crippen MR) is 80.3 cm³/mol. The van der Waals surface area contributed by atoms with Crippen molar-refractivity contribution in [2.45, 2.75) is 38.6 Å². The molecule has 0 bridgehead atoms. The van der Waals surface area contributed by atoms with E-state index in [-0.39, 0.29) is 5.91 Å². The quantitative estimate of drug-likeness (QED) is 0.919. The normalized spacial score (nSPS) is 18.4. The first-order chi connectivity index (χ1) is 10.1. The van der Waals surface area contributed by atoms with Crippen LogP contribution in [0, 0.1) is 6.92 Å². The van der Waals surface area contributed by atoms with Crippen LogP contribution in [0.2, 0.25) is 0 Å². The lowest BCUT2D eigenvalue weighted by Crippen LogP contribution is -2.52. The van der Waals surface area contributed by atoms with Crippen molar-refractivity contribution < 1.29 is 14.3 Å². The number of carbonyl (C=O) groups excluding carboxylic acids is 2. The maximum Gasteiger partial charge on any atom is 0.410 e. The van der Waals surface area contributed by atoms with Crippen molar-refractivity contribution in [2.24, 2.45) is 0 Å². The van der Waals surface area contributed by atoms with Gasteiger partial charge in [0.25, 0.3) is 0 Å². The van der Waals surface area contributed by atoms with Gasteiger partial charge in [-0.1, -0.05) is 0 Å². The second-order valence-electron chi connectivity index (χ2n) is 5.08. The van der Waals surface area contributed by atoms with Crippen LogP contribution in [-0.2, 0) is 16.0 Å². The number of likely N-dealkylation sites (tertiary alicyclic amines) is 1. The van der Waals surface area contributed by atoms with Crippen LogP contribution in [0.15, 0.2) is 5.51 Å². The van der Waals surface area contributed by atoms with Gasteiger partial charge in [-0.25, -0.2) is 9.78 Å². The van der Waals surface area contributed by atoms with E-state index in [1.54, 1.807) is 11.3 Å². The molecule has 0 radical (unpaired) electrons. The van der Waals surface area contributed by atoms with Gasteiger partial charge in [-0.2, -0.15) is 0 Å². The molecule has 6 nitrogen and oxygen atoms in total. The summed E-state index contributed by atoms with van der Waals surface area (Å²) in [6, 6.07) is -0.409. The molecule has 2 amide bonds. The second kappa shape index (κ2) is 7.40. The lowest BCUT2D eigenvalue weighted by molar-refractivity contribution is -0.126. The first-order valence-corrected chi connectivity index (χ1v) is 8.02. The average Bonchev–Trinajstić information content (AvgIpc) is 2.91. The Kier molecular flexibility index (Phi) is 5.55. The lowest BCUT2D eigenvalue weighted by Gasteiger charge is -2.33.